The summed E-state index contributed by atoms with van der Waals surface area (Å²) in [5.41, 5.74) is 1.53. The van der Waals surface area contributed by atoms with E-state index in [-0.39, 0.29) is 30.7 Å². The van der Waals surface area contributed by atoms with Crippen molar-refractivity contribution in [2.24, 2.45) is 0 Å². The van der Waals surface area contributed by atoms with Crippen LogP contribution in [0.4, 0.5) is 10.5 Å². The quantitative estimate of drug-likeness (QED) is 0.497. The first-order chi connectivity index (χ1) is 15.0. The van der Waals surface area contributed by atoms with Gasteiger partial charge in [0.1, 0.15) is 6.10 Å². The predicted octanol–water partition coefficient (Wildman–Crippen LogP) is 2.51. The number of pyridine rings is 1. The van der Waals surface area contributed by atoms with Crippen molar-refractivity contribution in [1.82, 2.24) is 15.6 Å². The molecule has 31 heavy (non-hydrogen) atoms. The Kier molecular flexibility index (Phi) is 8.63. The molecule has 9 heteroatoms. The van der Waals surface area contributed by atoms with Crippen LogP contribution in [-0.2, 0) is 16.0 Å². The minimum absolute atomic E-state index is 0.0564. The molecule has 0 saturated carbocycles. The number of aromatic nitrogens is 1. The van der Waals surface area contributed by atoms with Gasteiger partial charge in [-0.1, -0.05) is 11.6 Å². The van der Waals surface area contributed by atoms with E-state index >= 15 is 0 Å². The van der Waals surface area contributed by atoms with Crippen LogP contribution >= 0.6 is 11.6 Å². The number of hydrogen-bond donors (Lipinski definition) is 4. The van der Waals surface area contributed by atoms with Gasteiger partial charge in [0.15, 0.2) is 0 Å². The zero-order valence-corrected chi connectivity index (χ0v) is 17.8. The first kappa shape index (κ1) is 23.0. The third kappa shape index (κ3) is 7.50. The summed E-state index contributed by atoms with van der Waals surface area (Å²) < 4.78 is 5.95. The summed E-state index contributed by atoms with van der Waals surface area (Å²) in [7, 11) is 0. The highest BCUT2D eigenvalue weighted by molar-refractivity contribution is 6.30. The molecule has 1 aromatic heterocycles. The SMILES string of the molecule is O=C(Cc1ccncc1)NCC[C@H]1CC[C@@H](NC(=O)Nc2ccc(Cl)cc2)[C@@H](CO)O1. The molecule has 0 radical (unpaired) electrons. The molecule has 4 N–H and O–H groups in total. The number of carbonyl (C=O) groups excluding carboxylic acids is 2. The van der Waals surface area contributed by atoms with Gasteiger partial charge in [-0.3, -0.25) is 9.78 Å². The summed E-state index contributed by atoms with van der Waals surface area (Å²) in [6, 6.07) is 9.77. The minimum atomic E-state index is -0.498. The van der Waals surface area contributed by atoms with Crippen molar-refractivity contribution < 1.29 is 19.4 Å². The molecule has 166 valence electrons. The van der Waals surface area contributed by atoms with Gasteiger partial charge >= 0.3 is 6.03 Å². The molecule has 2 heterocycles. The summed E-state index contributed by atoms with van der Waals surface area (Å²) in [6.07, 6.45) is 5.08. The van der Waals surface area contributed by atoms with Crippen LogP contribution in [0.15, 0.2) is 48.8 Å². The Balaban J connectivity index is 1.39. The molecule has 1 aromatic carbocycles. The van der Waals surface area contributed by atoms with E-state index in [0.29, 0.717) is 36.5 Å². The van der Waals surface area contributed by atoms with Crippen molar-refractivity contribution >= 4 is 29.2 Å². The predicted molar refractivity (Wildman–Crippen MR) is 118 cm³/mol. The van der Waals surface area contributed by atoms with E-state index in [2.05, 4.69) is 20.9 Å². The molecule has 1 fully saturated rings. The fourth-order valence-electron chi connectivity index (χ4n) is 3.50. The Labute approximate surface area is 186 Å². The lowest BCUT2D eigenvalue weighted by atomic mass is 9.97. The maximum atomic E-state index is 12.3. The van der Waals surface area contributed by atoms with Crippen molar-refractivity contribution in [2.45, 2.75) is 43.9 Å². The molecule has 1 aliphatic heterocycles. The lowest BCUT2D eigenvalue weighted by molar-refractivity contribution is -0.121. The number of hydrogen-bond acceptors (Lipinski definition) is 5. The topological polar surface area (TPSA) is 113 Å². The second kappa shape index (κ2) is 11.6. The lowest BCUT2D eigenvalue weighted by Crippen LogP contribution is -2.52. The molecular weight excluding hydrogens is 420 g/mol. The number of amides is 3. The van der Waals surface area contributed by atoms with Crippen molar-refractivity contribution in [3.8, 4) is 0 Å². The molecule has 0 unspecified atom stereocenters. The molecule has 8 nitrogen and oxygen atoms in total. The highest BCUT2D eigenvalue weighted by Crippen LogP contribution is 2.22. The first-order valence-electron chi connectivity index (χ1n) is 10.3. The summed E-state index contributed by atoms with van der Waals surface area (Å²) in [6.45, 7) is 0.290. The Morgan fingerprint density at radius 2 is 1.87 bits per heavy atom. The molecule has 0 spiro atoms. The van der Waals surface area contributed by atoms with Crippen LogP contribution in [0, 0.1) is 0 Å². The molecule has 3 atom stereocenters. The number of aliphatic hydroxyl groups excluding tert-OH is 1. The van der Waals surface area contributed by atoms with Crippen LogP contribution in [0.3, 0.4) is 0 Å². The summed E-state index contributed by atoms with van der Waals surface area (Å²) in [4.78, 5) is 28.2. The van der Waals surface area contributed by atoms with Crippen LogP contribution in [0.1, 0.15) is 24.8 Å². The fraction of sp³-hybridized carbons (Fsp3) is 0.409. The fourth-order valence-corrected chi connectivity index (χ4v) is 3.63. The lowest BCUT2D eigenvalue weighted by Gasteiger charge is -2.36. The molecular formula is C22H27ClN4O4. The molecule has 0 aliphatic carbocycles. The second-order valence-electron chi connectivity index (χ2n) is 7.44. The summed E-state index contributed by atoms with van der Waals surface area (Å²) >= 11 is 5.85. The van der Waals surface area contributed by atoms with Gasteiger partial charge < -0.3 is 25.8 Å². The Hall–Kier alpha value is -2.68. The standard InChI is InChI=1S/C22H27ClN4O4/c23-16-1-3-17(4-2-16)26-22(30)27-19-6-5-18(31-20(19)14-28)9-12-25-21(29)13-15-7-10-24-11-8-15/h1-4,7-8,10-11,18-20,28H,5-6,9,12-14H2,(H,25,29)(H2,26,27,30)/t18-,19-,20-/m1/s1. The number of rotatable bonds is 8. The Morgan fingerprint density at radius 1 is 1.13 bits per heavy atom. The van der Waals surface area contributed by atoms with Crippen LogP contribution in [-0.4, -0.2) is 53.4 Å². The average molecular weight is 447 g/mol. The molecule has 3 rings (SSSR count). The van der Waals surface area contributed by atoms with Gasteiger partial charge in [0.05, 0.1) is 25.2 Å². The maximum Gasteiger partial charge on any atom is 0.319 e. The van der Waals surface area contributed by atoms with Gasteiger partial charge in [-0.05, 0) is 61.2 Å². The van der Waals surface area contributed by atoms with Crippen molar-refractivity contribution in [2.75, 3.05) is 18.5 Å². The van der Waals surface area contributed by atoms with Gasteiger partial charge in [0, 0.05) is 29.6 Å². The van der Waals surface area contributed by atoms with Gasteiger partial charge in [0.2, 0.25) is 5.91 Å². The Bertz CT molecular complexity index is 850. The minimum Gasteiger partial charge on any atom is -0.394 e. The van der Waals surface area contributed by atoms with Crippen LogP contribution < -0.4 is 16.0 Å². The normalized spacial score (nSPS) is 20.6. The Morgan fingerprint density at radius 3 is 2.58 bits per heavy atom. The number of nitrogens with one attached hydrogen (secondary N) is 3. The largest absolute Gasteiger partial charge is 0.394 e. The summed E-state index contributed by atoms with van der Waals surface area (Å²) in [5, 5.41) is 18.8. The van der Waals surface area contributed by atoms with Gasteiger partial charge in [0.25, 0.3) is 0 Å². The number of anilines is 1. The van der Waals surface area contributed by atoms with Crippen molar-refractivity contribution in [1.29, 1.82) is 0 Å². The highest BCUT2D eigenvalue weighted by Gasteiger charge is 2.31. The second-order valence-corrected chi connectivity index (χ2v) is 7.88. The molecule has 1 saturated heterocycles. The number of aliphatic hydroxyl groups is 1. The number of carbonyl (C=O) groups is 2. The van der Waals surface area contributed by atoms with E-state index in [4.69, 9.17) is 16.3 Å². The first-order valence-corrected chi connectivity index (χ1v) is 10.7. The van der Waals surface area contributed by atoms with E-state index in [0.717, 1.165) is 12.0 Å². The van der Waals surface area contributed by atoms with Crippen molar-refractivity contribution in [3.05, 3.63) is 59.4 Å². The van der Waals surface area contributed by atoms with Crippen LogP contribution in [0.2, 0.25) is 5.02 Å². The van der Waals surface area contributed by atoms with E-state index in [1.165, 1.54) is 0 Å². The van der Waals surface area contributed by atoms with Crippen LogP contribution in [0.25, 0.3) is 0 Å². The van der Waals surface area contributed by atoms with E-state index in [9.17, 15) is 14.7 Å². The number of urea groups is 1. The zero-order valence-electron chi connectivity index (χ0n) is 17.1. The molecule has 3 amide bonds. The monoisotopic (exact) mass is 446 g/mol. The number of nitrogens with zero attached hydrogens (tertiary/aromatic N) is 1. The van der Waals surface area contributed by atoms with E-state index in [1.54, 1.807) is 36.7 Å². The number of benzene rings is 1. The highest BCUT2D eigenvalue weighted by atomic mass is 35.5. The van der Waals surface area contributed by atoms with Gasteiger partial charge in [-0.25, -0.2) is 4.79 Å². The number of halogens is 1. The van der Waals surface area contributed by atoms with E-state index in [1.807, 2.05) is 12.1 Å². The van der Waals surface area contributed by atoms with Gasteiger partial charge in [-0.15, -0.1) is 0 Å². The zero-order chi connectivity index (χ0) is 22.1. The third-order valence-electron chi connectivity index (χ3n) is 5.12. The molecule has 0 bridgehead atoms. The average Bonchev–Trinajstić information content (AvgIpc) is 2.77. The molecule has 2 aromatic rings. The summed E-state index contributed by atoms with van der Waals surface area (Å²) in [5.74, 6) is -0.0564. The molecule has 1 aliphatic rings. The van der Waals surface area contributed by atoms with Gasteiger partial charge in [-0.2, -0.15) is 0 Å². The van der Waals surface area contributed by atoms with Crippen LogP contribution in [0.5, 0.6) is 0 Å². The van der Waals surface area contributed by atoms with E-state index < -0.39 is 6.10 Å². The number of ether oxygens (including phenoxy) is 1. The smallest absolute Gasteiger partial charge is 0.319 e. The third-order valence-corrected chi connectivity index (χ3v) is 5.37. The van der Waals surface area contributed by atoms with Crippen molar-refractivity contribution in [3.63, 3.8) is 0 Å². The maximum absolute atomic E-state index is 12.3.